The fraction of sp³-hybridized carbons (Fsp3) is 0.188. The van der Waals surface area contributed by atoms with E-state index in [2.05, 4.69) is 0 Å². The molecule has 1 atom stereocenters. The van der Waals surface area contributed by atoms with Crippen LogP contribution in [0.3, 0.4) is 0 Å². The summed E-state index contributed by atoms with van der Waals surface area (Å²) in [5.41, 5.74) is 0.919. The monoisotopic (exact) mass is 351 g/mol. The molecular weight excluding hydrogens is 338 g/mol. The summed E-state index contributed by atoms with van der Waals surface area (Å²) < 4.78 is 27.1. The van der Waals surface area contributed by atoms with Gasteiger partial charge in [0.25, 0.3) is 10.0 Å². The smallest absolute Gasteiger partial charge is 0.311 e. The highest BCUT2D eigenvalue weighted by molar-refractivity contribution is 7.92. The summed E-state index contributed by atoms with van der Waals surface area (Å²) in [6.07, 6.45) is 0.228. The largest absolute Gasteiger partial charge is 0.481 e. The van der Waals surface area contributed by atoms with Crippen LogP contribution in [0, 0.1) is 0 Å². The van der Waals surface area contributed by atoms with Crippen LogP contribution in [0.5, 0.6) is 0 Å². The number of fused-ring (bicyclic) bond motifs is 1. The van der Waals surface area contributed by atoms with Gasteiger partial charge in [-0.25, -0.2) is 8.42 Å². The molecule has 0 spiro atoms. The van der Waals surface area contributed by atoms with Crippen molar-refractivity contribution in [3.8, 4) is 0 Å². The topological polar surface area (TPSA) is 74.7 Å². The summed E-state index contributed by atoms with van der Waals surface area (Å²) in [5, 5.41) is 9.68. The number of anilines is 1. The number of halogens is 1. The van der Waals surface area contributed by atoms with E-state index < -0.39 is 21.9 Å². The lowest BCUT2D eigenvalue weighted by atomic mass is 9.91. The fourth-order valence-corrected chi connectivity index (χ4v) is 4.60. The minimum absolute atomic E-state index is 0.0913. The van der Waals surface area contributed by atoms with E-state index in [4.69, 9.17) is 11.6 Å². The third-order valence-electron chi connectivity index (χ3n) is 3.88. The zero-order chi connectivity index (χ0) is 16.6. The number of rotatable bonds is 3. The SMILES string of the molecule is O=C(O)C1CCN(S(=O)(=O)c2cccc(Cl)c2)c2ccccc21. The number of hydrogen-bond acceptors (Lipinski definition) is 3. The van der Waals surface area contributed by atoms with Crippen LogP contribution < -0.4 is 4.31 Å². The molecule has 1 N–H and O–H groups in total. The van der Waals surface area contributed by atoms with Crippen molar-refractivity contribution in [3.05, 3.63) is 59.1 Å². The highest BCUT2D eigenvalue weighted by Crippen LogP contribution is 2.38. The second-order valence-electron chi connectivity index (χ2n) is 5.27. The Morgan fingerprint density at radius 2 is 1.91 bits per heavy atom. The van der Waals surface area contributed by atoms with Gasteiger partial charge in [0.1, 0.15) is 0 Å². The molecule has 0 amide bonds. The van der Waals surface area contributed by atoms with Crippen molar-refractivity contribution in [3.63, 3.8) is 0 Å². The van der Waals surface area contributed by atoms with E-state index in [1.807, 2.05) is 0 Å². The molecule has 2 aromatic carbocycles. The molecule has 0 radical (unpaired) electrons. The van der Waals surface area contributed by atoms with Crippen molar-refractivity contribution >= 4 is 33.3 Å². The maximum atomic E-state index is 12.9. The number of para-hydroxylation sites is 1. The normalized spacial score (nSPS) is 17.6. The predicted molar refractivity (Wildman–Crippen MR) is 87.4 cm³/mol. The summed E-state index contributed by atoms with van der Waals surface area (Å²) in [4.78, 5) is 11.5. The van der Waals surface area contributed by atoms with E-state index in [-0.39, 0.29) is 17.9 Å². The number of carbonyl (C=O) groups is 1. The van der Waals surface area contributed by atoms with E-state index in [9.17, 15) is 18.3 Å². The first-order valence-electron chi connectivity index (χ1n) is 7.01. The van der Waals surface area contributed by atoms with Crippen molar-refractivity contribution in [1.29, 1.82) is 0 Å². The molecule has 1 aliphatic rings. The third kappa shape index (κ3) is 2.80. The van der Waals surface area contributed by atoms with Gasteiger partial charge in [-0.1, -0.05) is 35.9 Å². The van der Waals surface area contributed by atoms with Gasteiger partial charge in [-0.3, -0.25) is 9.10 Å². The van der Waals surface area contributed by atoms with Gasteiger partial charge in [0, 0.05) is 11.6 Å². The molecule has 0 aliphatic carbocycles. The van der Waals surface area contributed by atoms with Gasteiger partial charge in [0.2, 0.25) is 0 Å². The first kappa shape index (κ1) is 15.8. The highest BCUT2D eigenvalue weighted by Gasteiger charge is 2.35. The number of carboxylic acid groups (broad SMARTS) is 1. The van der Waals surface area contributed by atoms with Gasteiger partial charge in [-0.15, -0.1) is 0 Å². The van der Waals surface area contributed by atoms with Crippen LogP contribution in [0.2, 0.25) is 5.02 Å². The molecule has 23 heavy (non-hydrogen) atoms. The van der Waals surface area contributed by atoms with Gasteiger partial charge in [0.15, 0.2) is 0 Å². The first-order valence-corrected chi connectivity index (χ1v) is 8.83. The predicted octanol–water partition coefficient (Wildman–Crippen LogP) is 3.11. The molecule has 0 fully saturated rings. The summed E-state index contributed by atoms with van der Waals surface area (Å²) in [6, 6.07) is 12.8. The van der Waals surface area contributed by atoms with Gasteiger partial charge in [-0.2, -0.15) is 0 Å². The van der Waals surface area contributed by atoms with Crippen LogP contribution >= 0.6 is 11.6 Å². The molecular formula is C16H14ClNO4S. The lowest BCUT2D eigenvalue weighted by molar-refractivity contribution is -0.139. The molecule has 0 saturated carbocycles. The molecule has 120 valence electrons. The Labute approximate surface area is 139 Å². The van der Waals surface area contributed by atoms with Crippen LogP contribution in [0.25, 0.3) is 0 Å². The van der Waals surface area contributed by atoms with Crippen LogP contribution in [0.4, 0.5) is 5.69 Å². The quantitative estimate of drug-likeness (QED) is 0.922. The van der Waals surface area contributed by atoms with Crippen molar-refractivity contribution in [1.82, 2.24) is 0 Å². The standard InChI is InChI=1S/C16H14ClNO4S/c17-11-4-3-5-12(10-11)23(21,22)18-9-8-14(16(19)20)13-6-1-2-7-15(13)18/h1-7,10,14H,8-9H2,(H,19,20). The average molecular weight is 352 g/mol. The molecule has 2 aromatic rings. The maximum Gasteiger partial charge on any atom is 0.311 e. The van der Waals surface area contributed by atoms with Crippen LogP contribution in [0.1, 0.15) is 17.9 Å². The Hall–Kier alpha value is -2.05. The van der Waals surface area contributed by atoms with Crippen LogP contribution in [0.15, 0.2) is 53.4 Å². The van der Waals surface area contributed by atoms with E-state index in [0.717, 1.165) is 0 Å². The Morgan fingerprint density at radius 1 is 1.17 bits per heavy atom. The average Bonchev–Trinajstić information content (AvgIpc) is 2.53. The van der Waals surface area contributed by atoms with Gasteiger partial charge < -0.3 is 5.11 Å². The third-order valence-corrected chi connectivity index (χ3v) is 5.93. The summed E-state index contributed by atoms with van der Waals surface area (Å²) in [6.45, 7) is 0.114. The maximum absolute atomic E-state index is 12.9. The zero-order valence-corrected chi connectivity index (χ0v) is 13.6. The lowest BCUT2D eigenvalue weighted by Crippen LogP contribution is -2.38. The summed E-state index contributed by atoms with van der Waals surface area (Å²) in [5.74, 6) is -1.64. The van der Waals surface area contributed by atoms with Gasteiger partial charge in [-0.05, 0) is 36.2 Å². The molecule has 0 saturated heterocycles. The number of carboxylic acids is 1. The van der Waals surface area contributed by atoms with E-state index in [0.29, 0.717) is 16.3 Å². The van der Waals surface area contributed by atoms with E-state index >= 15 is 0 Å². The second-order valence-corrected chi connectivity index (χ2v) is 7.57. The molecule has 0 aromatic heterocycles. The second kappa shape index (κ2) is 5.86. The molecule has 0 bridgehead atoms. The minimum atomic E-state index is -3.79. The molecule has 3 rings (SSSR count). The molecule has 5 nitrogen and oxygen atoms in total. The molecule has 1 aliphatic heterocycles. The number of sulfonamides is 1. The van der Waals surface area contributed by atoms with E-state index in [1.165, 1.54) is 16.4 Å². The number of aliphatic carboxylic acids is 1. The number of hydrogen-bond donors (Lipinski definition) is 1. The fourth-order valence-electron chi connectivity index (χ4n) is 2.79. The summed E-state index contributed by atoms with van der Waals surface area (Å²) in [7, 11) is -3.79. The van der Waals surface area contributed by atoms with Gasteiger partial charge in [0.05, 0.1) is 16.5 Å². The molecule has 7 heteroatoms. The number of benzene rings is 2. The Morgan fingerprint density at radius 3 is 2.61 bits per heavy atom. The lowest BCUT2D eigenvalue weighted by Gasteiger charge is -2.33. The molecule has 1 unspecified atom stereocenters. The highest BCUT2D eigenvalue weighted by atomic mass is 35.5. The zero-order valence-electron chi connectivity index (χ0n) is 12.0. The van der Waals surface area contributed by atoms with Crippen molar-refractivity contribution in [2.75, 3.05) is 10.8 Å². The first-order chi connectivity index (χ1) is 10.9. The Kier molecular flexibility index (Phi) is 4.04. The Balaban J connectivity index is 2.11. The number of nitrogens with zero attached hydrogens (tertiary/aromatic N) is 1. The molecule has 1 heterocycles. The van der Waals surface area contributed by atoms with E-state index in [1.54, 1.807) is 36.4 Å². The Bertz CT molecular complexity index is 866. The van der Waals surface area contributed by atoms with Crippen molar-refractivity contribution in [2.24, 2.45) is 0 Å². The van der Waals surface area contributed by atoms with Gasteiger partial charge >= 0.3 is 5.97 Å². The summed E-state index contributed by atoms with van der Waals surface area (Å²) >= 11 is 5.89. The van der Waals surface area contributed by atoms with Crippen LogP contribution in [-0.4, -0.2) is 26.0 Å². The van der Waals surface area contributed by atoms with Crippen LogP contribution in [-0.2, 0) is 14.8 Å². The van der Waals surface area contributed by atoms with Crippen molar-refractivity contribution < 1.29 is 18.3 Å². The van der Waals surface area contributed by atoms with Crippen molar-refractivity contribution in [2.45, 2.75) is 17.2 Å². The minimum Gasteiger partial charge on any atom is -0.481 e.